The van der Waals surface area contributed by atoms with Crippen LogP contribution in [0.1, 0.15) is 54.4 Å². The molecule has 4 saturated carbocycles. The molecule has 4 aliphatic rings. The van der Waals surface area contributed by atoms with Crippen LogP contribution in [0.15, 0.2) is 18.2 Å². The fourth-order valence-corrected chi connectivity index (χ4v) is 6.55. The van der Waals surface area contributed by atoms with E-state index < -0.39 is 17.3 Å². The van der Waals surface area contributed by atoms with Crippen LogP contribution in [-0.4, -0.2) is 36.4 Å². The Balaban J connectivity index is 1.38. The molecule has 1 amide bonds. The maximum Gasteiger partial charge on any atom is 0.337 e. The summed E-state index contributed by atoms with van der Waals surface area (Å²) in [5.74, 6) is -0.248. The molecule has 6 nitrogen and oxygen atoms in total. The standard InChI is InChI=1S/C22H26ClNO5/c1-13-3-4-16(19(26)28-2)6-17(13)24-18(25)11-29-20(27)21-7-14-5-15(8-21)10-22(23,9-14)12-21/h3-4,6,14-15H,5,7-12H2,1-2H3,(H,24,25)/t14-,15+,21?,22?. The van der Waals surface area contributed by atoms with Crippen LogP contribution in [0.3, 0.4) is 0 Å². The topological polar surface area (TPSA) is 81.7 Å². The van der Waals surface area contributed by atoms with E-state index in [4.69, 9.17) is 21.1 Å². The fourth-order valence-electron chi connectivity index (χ4n) is 5.86. The zero-order valence-electron chi connectivity index (χ0n) is 16.8. The molecule has 1 N–H and O–H groups in total. The van der Waals surface area contributed by atoms with Crippen molar-refractivity contribution in [3.63, 3.8) is 0 Å². The number of hydrogen-bond donors (Lipinski definition) is 1. The third-order valence-corrected chi connectivity index (χ3v) is 7.13. The number of halogens is 1. The van der Waals surface area contributed by atoms with Crippen molar-refractivity contribution in [3.8, 4) is 0 Å². The number of nitrogens with one attached hydrogen (secondary N) is 1. The van der Waals surface area contributed by atoms with Gasteiger partial charge in [0.2, 0.25) is 0 Å². The van der Waals surface area contributed by atoms with E-state index in [1.165, 1.54) is 7.11 Å². The van der Waals surface area contributed by atoms with Crippen molar-refractivity contribution in [2.24, 2.45) is 17.3 Å². The molecule has 0 aliphatic heterocycles. The molecular formula is C22H26ClNO5. The van der Waals surface area contributed by atoms with E-state index in [1.54, 1.807) is 18.2 Å². The number of rotatable bonds is 5. The lowest BCUT2D eigenvalue weighted by atomic mass is 9.49. The second-order valence-electron chi connectivity index (χ2n) is 9.04. The molecule has 156 valence electrons. The van der Waals surface area contributed by atoms with E-state index in [0.29, 0.717) is 29.5 Å². The summed E-state index contributed by atoms with van der Waals surface area (Å²) in [6, 6.07) is 4.91. The van der Waals surface area contributed by atoms with Crippen molar-refractivity contribution < 1.29 is 23.9 Å². The highest BCUT2D eigenvalue weighted by Gasteiger charge is 2.60. The first-order valence-corrected chi connectivity index (χ1v) is 10.4. The van der Waals surface area contributed by atoms with Crippen LogP contribution in [0, 0.1) is 24.2 Å². The van der Waals surface area contributed by atoms with Gasteiger partial charge < -0.3 is 14.8 Å². The minimum absolute atomic E-state index is 0.281. The van der Waals surface area contributed by atoms with Gasteiger partial charge in [-0.1, -0.05) is 6.07 Å². The molecule has 5 rings (SSSR count). The van der Waals surface area contributed by atoms with Gasteiger partial charge in [-0.2, -0.15) is 0 Å². The summed E-state index contributed by atoms with van der Waals surface area (Å²) in [7, 11) is 1.30. The summed E-state index contributed by atoms with van der Waals surface area (Å²) in [4.78, 5) is 36.7. The third kappa shape index (κ3) is 3.87. The molecule has 1 aromatic carbocycles. The smallest absolute Gasteiger partial charge is 0.337 e. The average molecular weight is 420 g/mol. The van der Waals surface area contributed by atoms with E-state index >= 15 is 0 Å². The van der Waals surface area contributed by atoms with Crippen molar-refractivity contribution in [3.05, 3.63) is 29.3 Å². The predicted octanol–water partition coefficient (Wildman–Crippen LogP) is 3.84. The molecule has 2 unspecified atom stereocenters. The van der Waals surface area contributed by atoms with Gasteiger partial charge in [-0.05, 0) is 75.0 Å². The molecule has 0 saturated heterocycles. The summed E-state index contributed by atoms with van der Waals surface area (Å²) < 4.78 is 10.2. The highest BCUT2D eigenvalue weighted by atomic mass is 35.5. The number of aryl methyl sites for hydroxylation is 1. The molecule has 0 heterocycles. The first-order valence-electron chi connectivity index (χ1n) is 10.1. The molecule has 0 spiro atoms. The highest BCUT2D eigenvalue weighted by Crippen LogP contribution is 2.64. The van der Waals surface area contributed by atoms with Crippen LogP contribution in [0.25, 0.3) is 0 Å². The van der Waals surface area contributed by atoms with Crippen molar-refractivity contribution in [1.82, 2.24) is 0 Å². The SMILES string of the molecule is COC(=O)c1ccc(C)c(NC(=O)COC(=O)C23C[C@@H]4C[C@@H](CC(Cl)(C4)C2)C3)c1. The molecule has 4 fully saturated rings. The molecule has 0 aromatic heterocycles. The van der Waals surface area contributed by atoms with Crippen molar-refractivity contribution in [1.29, 1.82) is 0 Å². The van der Waals surface area contributed by atoms with Gasteiger partial charge in [0.15, 0.2) is 6.61 Å². The van der Waals surface area contributed by atoms with Crippen molar-refractivity contribution >= 4 is 35.1 Å². The summed E-state index contributed by atoms with van der Waals surface area (Å²) in [6.45, 7) is 1.46. The number of anilines is 1. The third-order valence-electron chi connectivity index (χ3n) is 6.69. The number of carbonyl (C=O) groups is 3. The summed E-state index contributed by atoms with van der Waals surface area (Å²) in [5, 5.41) is 2.72. The molecule has 1 aromatic rings. The zero-order valence-corrected chi connectivity index (χ0v) is 17.5. The first kappa shape index (κ1) is 20.2. The van der Waals surface area contributed by atoms with Gasteiger partial charge in [-0.15, -0.1) is 11.6 Å². The fraction of sp³-hybridized carbons (Fsp3) is 0.591. The Morgan fingerprint density at radius 3 is 2.48 bits per heavy atom. The Kier molecular flexibility index (Phi) is 5.09. The van der Waals surface area contributed by atoms with Gasteiger partial charge in [-0.25, -0.2) is 4.79 Å². The van der Waals surface area contributed by atoms with Gasteiger partial charge in [0.1, 0.15) is 0 Å². The highest BCUT2D eigenvalue weighted by molar-refractivity contribution is 6.24. The summed E-state index contributed by atoms with van der Waals surface area (Å²) >= 11 is 6.78. The first-order chi connectivity index (χ1) is 13.7. The minimum atomic E-state index is -0.535. The Hall–Kier alpha value is -2.08. The Morgan fingerprint density at radius 2 is 1.86 bits per heavy atom. The molecule has 29 heavy (non-hydrogen) atoms. The van der Waals surface area contributed by atoms with E-state index in [2.05, 4.69) is 5.32 Å². The monoisotopic (exact) mass is 419 g/mol. The number of ether oxygens (including phenoxy) is 2. The molecule has 4 atom stereocenters. The Bertz CT molecular complexity index is 853. The Morgan fingerprint density at radius 1 is 1.17 bits per heavy atom. The van der Waals surface area contributed by atoms with Gasteiger partial charge >= 0.3 is 11.9 Å². The second kappa shape index (κ2) is 7.31. The normalized spacial score (nSPS) is 32.0. The summed E-state index contributed by atoms with van der Waals surface area (Å²) in [5.41, 5.74) is 1.09. The van der Waals surface area contributed by atoms with Crippen molar-refractivity contribution in [2.75, 3.05) is 19.0 Å². The molecule has 4 bridgehead atoms. The average Bonchev–Trinajstić information content (AvgIpc) is 2.65. The number of amides is 1. The number of carbonyl (C=O) groups excluding carboxylic acids is 3. The van der Waals surface area contributed by atoms with Crippen LogP contribution in [0.4, 0.5) is 5.69 Å². The number of methoxy groups -OCH3 is 1. The van der Waals surface area contributed by atoms with E-state index in [1.807, 2.05) is 6.92 Å². The van der Waals surface area contributed by atoms with E-state index in [-0.39, 0.29) is 17.5 Å². The van der Waals surface area contributed by atoms with Crippen molar-refractivity contribution in [2.45, 2.75) is 50.3 Å². The van der Waals surface area contributed by atoms with Gasteiger partial charge in [0.05, 0.1) is 18.1 Å². The molecular weight excluding hydrogens is 394 g/mol. The van der Waals surface area contributed by atoms with Gasteiger partial charge in [-0.3, -0.25) is 9.59 Å². The van der Waals surface area contributed by atoms with Gasteiger partial charge in [0.25, 0.3) is 5.91 Å². The lowest BCUT2D eigenvalue weighted by Crippen LogP contribution is -2.56. The van der Waals surface area contributed by atoms with Crippen LogP contribution in [0.2, 0.25) is 0 Å². The number of hydrogen-bond acceptors (Lipinski definition) is 5. The largest absolute Gasteiger partial charge is 0.465 e. The summed E-state index contributed by atoms with van der Waals surface area (Å²) in [6.07, 6.45) is 5.40. The molecule has 7 heteroatoms. The number of benzene rings is 1. The van der Waals surface area contributed by atoms with Gasteiger partial charge in [0, 0.05) is 10.6 Å². The zero-order chi connectivity index (χ0) is 20.8. The second-order valence-corrected chi connectivity index (χ2v) is 9.84. The predicted molar refractivity (Wildman–Crippen MR) is 108 cm³/mol. The number of esters is 2. The molecule has 4 aliphatic carbocycles. The number of alkyl halides is 1. The van der Waals surface area contributed by atoms with E-state index in [0.717, 1.165) is 37.7 Å². The molecule has 0 radical (unpaired) electrons. The van der Waals surface area contributed by atoms with Crippen LogP contribution < -0.4 is 5.32 Å². The van der Waals surface area contributed by atoms with Crippen LogP contribution >= 0.6 is 11.6 Å². The van der Waals surface area contributed by atoms with Crippen LogP contribution in [0.5, 0.6) is 0 Å². The maximum atomic E-state index is 12.9. The van der Waals surface area contributed by atoms with Crippen LogP contribution in [-0.2, 0) is 19.1 Å². The maximum absolute atomic E-state index is 12.9. The Labute approximate surface area is 175 Å². The quantitative estimate of drug-likeness (QED) is 0.579. The lowest BCUT2D eigenvalue weighted by Gasteiger charge is -2.58. The minimum Gasteiger partial charge on any atom is -0.465 e. The lowest BCUT2D eigenvalue weighted by molar-refractivity contribution is -0.171. The van der Waals surface area contributed by atoms with E-state index in [9.17, 15) is 14.4 Å².